The third-order valence-corrected chi connectivity index (χ3v) is 3.75. The van der Waals surface area contributed by atoms with E-state index < -0.39 is 5.54 Å². The van der Waals surface area contributed by atoms with Crippen molar-refractivity contribution in [1.82, 2.24) is 4.98 Å². The molecule has 0 atom stereocenters. The van der Waals surface area contributed by atoms with Crippen LogP contribution in [0.2, 0.25) is 0 Å². The maximum absolute atomic E-state index is 6.21. The van der Waals surface area contributed by atoms with Crippen LogP contribution < -0.4 is 10.5 Å². The highest BCUT2D eigenvalue weighted by molar-refractivity contribution is 5.79. The number of aromatic nitrogens is 1. The largest absolute Gasteiger partial charge is 0.494 e. The molecule has 0 saturated heterocycles. The summed E-state index contributed by atoms with van der Waals surface area (Å²) >= 11 is 0. The Labute approximate surface area is 107 Å². The average molecular weight is 248 g/mol. The first kappa shape index (κ1) is 12.9. The van der Waals surface area contributed by atoms with Gasteiger partial charge in [-0.1, -0.05) is 6.07 Å². The van der Waals surface area contributed by atoms with Gasteiger partial charge in [-0.3, -0.25) is 0 Å². The summed E-state index contributed by atoms with van der Waals surface area (Å²) in [5.74, 6) is 1.35. The van der Waals surface area contributed by atoms with Crippen molar-refractivity contribution in [1.29, 1.82) is 0 Å². The minimum Gasteiger partial charge on any atom is -0.494 e. The van der Waals surface area contributed by atoms with Crippen molar-refractivity contribution >= 4 is 11.1 Å². The fourth-order valence-electron chi connectivity index (χ4n) is 1.63. The second kappa shape index (κ2) is 3.99. The van der Waals surface area contributed by atoms with Gasteiger partial charge < -0.3 is 14.9 Å². The van der Waals surface area contributed by atoms with Crippen LogP contribution in [0.4, 0.5) is 0 Å². The van der Waals surface area contributed by atoms with Gasteiger partial charge in [-0.15, -0.1) is 0 Å². The first-order valence-corrected chi connectivity index (χ1v) is 6.00. The van der Waals surface area contributed by atoms with Gasteiger partial charge >= 0.3 is 0 Å². The molecular weight excluding hydrogens is 228 g/mol. The highest BCUT2D eigenvalue weighted by Gasteiger charge is 2.39. The Morgan fingerprint density at radius 1 is 1.22 bits per heavy atom. The van der Waals surface area contributed by atoms with E-state index in [9.17, 15) is 0 Å². The van der Waals surface area contributed by atoms with E-state index in [1.165, 1.54) is 0 Å². The molecule has 0 unspecified atom stereocenters. The SMILES string of the molecule is COc1cccc2oc(C(C)(C)C(C)(C)N)nc12. The topological polar surface area (TPSA) is 61.3 Å². The molecule has 4 nitrogen and oxygen atoms in total. The van der Waals surface area contributed by atoms with Gasteiger partial charge in [0.25, 0.3) is 0 Å². The number of oxazole rings is 1. The van der Waals surface area contributed by atoms with E-state index in [4.69, 9.17) is 14.9 Å². The Morgan fingerprint density at radius 3 is 2.44 bits per heavy atom. The number of ether oxygens (including phenoxy) is 1. The monoisotopic (exact) mass is 248 g/mol. The number of benzene rings is 1. The lowest BCUT2D eigenvalue weighted by molar-refractivity contribution is 0.251. The molecule has 1 aromatic carbocycles. The fourth-order valence-corrected chi connectivity index (χ4v) is 1.63. The number of nitrogens with two attached hydrogens (primary N) is 1. The molecule has 1 heterocycles. The first-order valence-electron chi connectivity index (χ1n) is 6.00. The molecule has 0 amide bonds. The number of rotatable bonds is 3. The van der Waals surface area contributed by atoms with E-state index in [1.807, 2.05) is 45.9 Å². The van der Waals surface area contributed by atoms with Crippen molar-refractivity contribution in [2.45, 2.75) is 38.6 Å². The lowest BCUT2D eigenvalue weighted by Crippen LogP contribution is -2.50. The second-order valence-corrected chi connectivity index (χ2v) is 5.67. The normalized spacial score (nSPS) is 13.0. The van der Waals surface area contributed by atoms with Gasteiger partial charge in [0, 0.05) is 5.54 Å². The number of hydrogen-bond acceptors (Lipinski definition) is 4. The quantitative estimate of drug-likeness (QED) is 0.907. The van der Waals surface area contributed by atoms with Crippen LogP contribution in [0.1, 0.15) is 33.6 Å². The maximum Gasteiger partial charge on any atom is 0.203 e. The zero-order valence-corrected chi connectivity index (χ0v) is 11.6. The van der Waals surface area contributed by atoms with Crippen LogP contribution in [0, 0.1) is 0 Å². The Morgan fingerprint density at radius 2 is 1.89 bits per heavy atom. The van der Waals surface area contributed by atoms with Gasteiger partial charge in [0.2, 0.25) is 5.89 Å². The highest BCUT2D eigenvalue weighted by atomic mass is 16.5. The Kier molecular flexibility index (Phi) is 2.86. The molecular formula is C14H20N2O2. The molecule has 0 saturated carbocycles. The zero-order chi connectivity index (χ0) is 13.6. The molecule has 0 bridgehead atoms. The standard InChI is InChI=1S/C14H20N2O2/c1-13(2,14(3,4)15)12-16-11-9(17-5)7-6-8-10(11)18-12/h6-8H,15H2,1-5H3. The molecule has 0 aliphatic heterocycles. The summed E-state index contributed by atoms with van der Waals surface area (Å²) in [5, 5.41) is 0. The molecule has 2 N–H and O–H groups in total. The molecule has 0 aliphatic carbocycles. The minimum atomic E-state index is -0.429. The highest BCUT2D eigenvalue weighted by Crippen LogP contribution is 2.36. The zero-order valence-electron chi connectivity index (χ0n) is 11.6. The lowest BCUT2D eigenvalue weighted by Gasteiger charge is -2.35. The molecule has 2 rings (SSSR count). The number of nitrogens with zero attached hydrogens (tertiary/aromatic N) is 1. The van der Waals surface area contributed by atoms with E-state index in [2.05, 4.69) is 4.98 Å². The summed E-state index contributed by atoms with van der Waals surface area (Å²) < 4.78 is 11.1. The molecule has 0 aliphatic rings. The lowest BCUT2D eigenvalue weighted by atomic mass is 9.75. The van der Waals surface area contributed by atoms with Gasteiger partial charge in [0.1, 0.15) is 5.75 Å². The molecule has 0 spiro atoms. The van der Waals surface area contributed by atoms with E-state index in [1.54, 1.807) is 7.11 Å². The summed E-state index contributed by atoms with van der Waals surface area (Å²) in [6.45, 7) is 8.01. The summed E-state index contributed by atoms with van der Waals surface area (Å²) in [6.07, 6.45) is 0. The molecule has 1 aromatic heterocycles. The van der Waals surface area contributed by atoms with Crippen molar-refractivity contribution in [3.63, 3.8) is 0 Å². The number of methoxy groups -OCH3 is 1. The van der Waals surface area contributed by atoms with Crippen molar-refractivity contribution in [2.24, 2.45) is 5.73 Å². The van der Waals surface area contributed by atoms with Crippen LogP contribution in [0.5, 0.6) is 5.75 Å². The number of para-hydroxylation sites is 1. The third-order valence-electron chi connectivity index (χ3n) is 3.75. The van der Waals surface area contributed by atoms with E-state index >= 15 is 0 Å². The molecule has 0 fully saturated rings. The van der Waals surface area contributed by atoms with Crippen molar-refractivity contribution in [3.8, 4) is 5.75 Å². The van der Waals surface area contributed by atoms with Crippen LogP contribution >= 0.6 is 0 Å². The van der Waals surface area contributed by atoms with E-state index in [0.29, 0.717) is 11.6 Å². The minimum absolute atomic E-state index is 0.364. The van der Waals surface area contributed by atoms with Crippen LogP contribution in [-0.4, -0.2) is 17.6 Å². The number of fused-ring (bicyclic) bond motifs is 1. The molecule has 4 heteroatoms. The van der Waals surface area contributed by atoms with E-state index in [-0.39, 0.29) is 5.41 Å². The predicted octanol–water partition coefficient (Wildman–Crippen LogP) is 2.85. The van der Waals surface area contributed by atoms with Gasteiger partial charge in [0.05, 0.1) is 12.5 Å². The van der Waals surface area contributed by atoms with Gasteiger partial charge in [-0.05, 0) is 39.8 Å². The maximum atomic E-state index is 6.21. The summed E-state index contributed by atoms with van der Waals surface area (Å²) in [4.78, 5) is 4.55. The van der Waals surface area contributed by atoms with E-state index in [0.717, 1.165) is 11.1 Å². The van der Waals surface area contributed by atoms with Gasteiger partial charge in [-0.2, -0.15) is 0 Å². The smallest absolute Gasteiger partial charge is 0.203 e. The predicted molar refractivity (Wildman–Crippen MR) is 71.9 cm³/mol. The Bertz CT molecular complexity index is 565. The molecule has 98 valence electrons. The third kappa shape index (κ3) is 1.86. The first-order chi connectivity index (χ1) is 8.27. The Balaban J connectivity index is 2.61. The van der Waals surface area contributed by atoms with Crippen LogP contribution in [0.15, 0.2) is 22.6 Å². The van der Waals surface area contributed by atoms with Crippen molar-refractivity contribution in [3.05, 3.63) is 24.1 Å². The fraction of sp³-hybridized carbons (Fsp3) is 0.500. The van der Waals surface area contributed by atoms with Crippen molar-refractivity contribution in [2.75, 3.05) is 7.11 Å². The van der Waals surface area contributed by atoms with Crippen LogP contribution in [0.3, 0.4) is 0 Å². The molecule has 2 aromatic rings. The van der Waals surface area contributed by atoms with Crippen LogP contribution in [-0.2, 0) is 5.41 Å². The average Bonchev–Trinajstić information content (AvgIpc) is 2.71. The Hall–Kier alpha value is -1.55. The van der Waals surface area contributed by atoms with Crippen molar-refractivity contribution < 1.29 is 9.15 Å². The summed E-state index contributed by atoms with van der Waals surface area (Å²) in [5.41, 5.74) is 6.88. The second-order valence-electron chi connectivity index (χ2n) is 5.67. The molecule has 0 radical (unpaired) electrons. The molecule has 18 heavy (non-hydrogen) atoms. The van der Waals surface area contributed by atoms with Crippen LogP contribution in [0.25, 0.3) is 11.1 Å². The summed E-state index contributed by atoms with van der Waals surface area (Å²) in [6, 6.07) is 5.64. The van der Waals surface area contributed by atoms with Gasteiger partial charge in [-0.25, -0.2) is 4.98 Å². The summed E-state index contributed by atoms with van der Waals surface area (Å²) in [7, 11) is 1.63. The number of hydrogen-bond donors (Lipinski definition) is 1. The van der Waals surface area contributed by atoms with Gasteiger partial charge in [0.15, 0.2) is 11.1 Å².